The summed E-state index contributed by atoms with van der Waals surface area (Å²) in [5.41, 5.74) is 2.16. The Kier molecular flexibility index (Phi) is 4.27. The second kappa shape index (κ2) is 6.16. The third-order valence-corrected chi connectivity index (χ3v) is 4.27. The maximum Gasteiger partial charge on any atom is 0.112 e. The average Bonchev–Trinajstić information content (AvgIpc) is 3.04. The minimum Gasteiger partial charge on any atom is -0.390 e. The van der Waals surface area contributed by atoms with Crippen LogP contribution >= 0.6 is 0 Å². The summed E-state index contributed by atoms with van der Waals surface area (Å²) in [5, 5.41) is 10.5. The fourth-order valence-electron chi connectivity index (χ4n) is 3.19. The molecule has 1 saturated heterocycles. The number of hydrogen-bond acceptors (Lipinski definition) is 3. The van der Waals surface area contributed by atoms with E-state index in [1.807, 2.05) is 18.2 Å². The minimum absolute atomic E-state index is 0.0464. The van der Waals surface area contributed by atoms with Crippen molar-refractivity contribution in [2.45, 2.75) is 64.4 Å². The van der Waals surface area contributed by atoms with Crippen molar-refractivity contribution in [2.24, 2.45) is 0 Å². The van der Waals surface area contributed by atoms with Crippen molar-refractivity contribution in [3.05, 3.63) is 30.1 Å². The van der Waals surface area contributed by atoms with Gasteiger partial charge < -0.3 is 14.4 Å². The van der Waals surface area contributed by atoms with E-state index in [1.54, 1.807) is 0 Å². The maximum absolute atomic E-state index is 10.5. The van der Waals surface area contributed by atoms with E-state index in [4.69, 9.17) is 9.72 Å². The highest BCUT2D eigenvalue weighted by atomic mass is 16.5. The molecular weight excluding hydrogens is 264 g/mol. The Bertz CT molecular complexity index is 608. The lowest BCUT2D eigenvalue weighted by atomic mass is 10.1. The van der Waals surface area contributed by atoms with Gasteiger partial charge in [-0.1, -0.05) is 19.1 Å². The molecule has 4 heteroatoms. The molecule has 0 bridgehead atoms. The van der Waals surface area contributed by atoms with Crippen LogP contribution in [0.15, 0.2) is 24.3 Å². The van der Waals surface area contributed by atoms with Gasteiger partial charge >= 0.3 is 0 Å². The second-order valence-electron chi connectivity index (χ2n) is 6.00. The highest BCUT2D eigenvalue weighted by Crippen LogP contribution is 2.24. The van der Waals surface area contributed by atoms with Crippen LogP contribution in [0.5, 0.6) is 0 Å². The summed E-state index contributed by atoms with van der Waals surface area (Å²) in [6.45, 7) is 5.17. The summed E-state index contributed by atoms with van der Waals surface area (Å²) in [5.74, 6) is 0.966. The van der Waals surface area contributed by atoms with Gasteiger partial charge in [0.1, 0.15) is 5.82 Å². The Labute approximate surface area is 125 Å². The van der Waals surface area contributed by atoms with Crippen LogP contribution in [0.25, 0.3) is 11.0 Å². The molecule has 1 aromatic carbocycles. The van der Waals surface area contributed by atoms with E-state index in [0.29, 0.717) is 6.42 Å². The third kappa shape index (κ3) is 2.97. The summed E-state index contributed by atoms with van der Waals surface area (Å²) in [7, 11) is 0. The van der Waals surface area contributed by atoms with Crippen molar-refractivity contribution in [2.75, 3.05) is 0 Å². The van der Waals surface area contributed by atoms with Crippen molar-refractivity contribution in [1.82, 2.24) is 9.55 Å². The number of imidazole rings is 1. The van der Waals surface area contributed by atoms with E-state index in [0.717, 1.165) is 42.7 Å². The van der Waals surface area contributed by atoms with Gasteiger partial charge in [-0.3, -0.25) is 0 Å². The number of aliphatic hydroxyl groups excluding tert-OH is 1. The fourth-order valence-corrected chi connectivity index (χ4v) is 3.19. The van der Waals surface area contributed by atoms with Gasteiger partial charge in [0.2, 0.25) is 0 Å². The molecule has 0 radical (unpaired) electrons. The van der Waals surface area contributed by atoms with E-state index < -0.39 is 6.10 Å². The second-order valence-corrected chi connectivity index (χ2v) is 6.00. The molecule has 1 aliphatic rings. The summed E-state index contributed by atoms with van der Waals surface area (Å²) in [4.78, 5) is 4.71. The molecule has 114 valence electrons. The number of rotatable bonds is 5. The molecule has 0 spiro atoms. The lowest BCUT2D eigenvalue weighted by Crippen LogP contribution is -2.29. The summed E-state index contributed by atoms with van der Waals surface area (Å²) in [6, 6.07) is 8.18. The van der Waals surface area contributed by atoms with Crippen molar-refractivity contribution in [1.29, 1.82) is 0 Å². The van der Waals surface area contributed by atoms with Crippen LogP contribution in [0.4, 0.5) is 0 Å². The van der Waals surface area contributed by atoms with E-state index in [-0.39, 0.29) is 12.2 Å². The minimum atomic E-state index is -0.470. The normalized spacial score (nSPS) is 23.8. The lowest BCUT2D eigenvalue weighted by molar-refractivity contribution is -0.0288. The predicted molar refractivity (Wildman–Crippen MR) is 83.3 cm³/mol. The Balaban J connectivity index is 1.84. The Morgan fingerprint density at radius 3 is 2.90 bits per heavy atom. The van der Waals surface area contributed by atoms with E-state index in [2.05, 4.69) is 24.5 Å². The zero-order valence-corrected chi connectivity index (χ0v) is 12.8. The zero-order valence-electron chi connectivity index (χ0n) is 12.8. The van der Waals surface area contributed by atoms with Crippen molar-refractivity contribution >= 4 is 11.0 Å². The monoisotopic (exact) mass is 288 g/mol. The van der Waals surface area contributed by atoms with Gasteiger partial charge in [0, 0.05) is 13.0 Å². The molecular formula is C17H24N2O2. The van der Waals surface area contributed by atoms with Crippen LogP contribution in [0.1, 0.15) is 38.9 Å². The molecule has 0 aliphatic carbocycles. The topological polar surface area (TPSA) is 47.3 Å². The number of aliphatic hydroxyl groups is 1. The molecule has 0 saturated carbocycles. The van der Waals surface area contributed by atoms with E-state index in [9.17, 15) is 5.11 Å². The van der Waals surface area contributed by atoms with Crippen LogP contribution in [0, 0.1) is 0 Å². The third-order valence-electron chi connectivity index (χ3n) is 4.27. The number of ether oxygens (including phenoxy) is 1. The van der Waals surface area contributed by atoms with Gasteiger partial charge in [0.25, 0.3) is 0 Å². The van der Waals surface area contributed by atoms with Gasteiger partial charge in [-0.15, -0.1) is 0 Å². The maximum atomic E-state index is 10.5. The SMILES string of the molecule is CCCn1c(CC(O)C2CCC(C)O2)nc2ccccc21. The quantitative estimate of drug-likeness (QED) is 0.920. The molecule has 4 nitrogen and oxygen atoms in total. The van der Waals surface area contributed by atoms with E-state index in [1.165, 1.54) is 0 Å². The molecule has 1 N–H and O–H groups in total. The van der Waals surface area contributed by atoms with Crippen LogP contribution < -0.4 is 0 Å². The largest absolute Gasteiger partial charge is 0.390 e. The molecule has 2 aromatic rings. The van der Waals surface area contributed by atoms with Crippen molar-refractivity contribution in [3.63, 3.8) is 0 Å². The van der Waals surface area contributed by atoms with Crippen LogP contribution in [0.2, 0.25) is 0 Å². The first-order chi connectivity index (χ1) is 10.2. The van der Waals surface area contributed by atoms with Gasteiger partial charge in [0.15, 0.2) is 0 Å². The first-order valence-electron chi connectivity index (χ1n) is 7.96. The Morgan fingerprint density at radius 2 is 2.19 bits per heavy atom. The molecule has 1 fully saturated rings. The molecule has 21 heavy (non-hydrogen) atoms. The highest BCUT2D eigenvalue weighted by Gasteiger charge is 2.29. The summed E-state index contributed by atoms with van der Waals surface area (Å²) >= 11 is 0. The first-order valence-corrected chi connectivity index (χ1v) is 7.96. The van der Waals surface area contributed by atoms with Gasteiger partial charge in [-0.25, -0.2) is 4.98 Å². The van der Waals surface area contributed by atoms with Crippen LogP contribution in [0.3, 0.4) is 0 Å². The first kappa shape index (κ1) is 14.5. The number of hydrogen-bond donors (Lipinski definition) is 1. The average molecular weight is 288 g/mol. The molecule has 0 amide bonds. The summed E-state index contributed by atoms with van der Waals surface area (Å²) in [6.07, 6.45) is 3.34. The Morgan fingerprint density at radius 1 is 1.38 bits per heavy atom. The number of aromatic nitrogens is 2. The predicted octanol–water partition coefficient (Wildman–Crippen LogP) is 2.92. The number of nitrogens with zero attached hydrogens (tertiary/aromatic N) is 2. The molecule has 3 rings (SSSR count). The fraction of sp³-hybridized carbons (Fsp3) is 0.588. The molecule has 1 aliphatic heterocycles. The molecule has 3 atom stereocenters. The zero-order chi connectivity index (χ0) is 14.8. The van der Waals surface area contributed by atoms with Crippen molar-refractivity contribution in [3.8, 4) is 0 Å². The van der Waals surface area contributed by atoms with Crippen LogP contribution in [-0.2, 0) is 17.7 Å². The smallest absolute Gasteiger partial charge is 0.112 e. The van der Waals surface area contributed by atoms with Gasteiger partial charge in [-0.2, -0.15) is 0 Å². The Hall–Kier alpha value is -1.39. The lowest BCUT2D eigenvalue weighted by Gasteiger charge is -2.18. The molecule has 1 aromatic heterocycles. The number of aryl methyl sites for hydroxylation is 1. The molecule has 2 heterocycles. The summed E-state index contributed by atoms with van der Waals surface area (Å²) < 4.78 is 8.02. The molecule has 3 unspecified atom stereocenters. The van der Waals surface area contributed by atoms with Crippen LogP contribution in [-0.4, -0.2) is 33.0 Å². The number of benzene rings is 1. The van der Waals surface area contributed by atoms with Crippen molar-refractivity contribution < 1.29 is 9.84 Å². The highest BCUT2D eigenvalue weighted by molar-refractivity contribution is 5.75. The number of fused-ring (bicyclic) bond motifs is 1. The number of para-hydroxylation sites is 2. The van der Waals surface area contributed by atoms with Gasteiger partial charge in [0.05, 0.1) is 29.3 Å². The van der Waals surface area contributed by atoms with Gasteiger partial charge in [-0.05, 0) is 38.3 Å². The standard InChI is InChI=1S/C17H24N2O2/c1-3-10-19-14-7-5-4-6-13(14)18-17(19)11-15(20)16-9-8-12(2)21-16/h4-7,12,15-16,20H,3,8-11H2,1-2H3. The van der Waals surface area contributed by atoms with E-state index >= 15 is 0 Å².